The van der Waals surface area contributed by atoms with E-state index in [9.17, 15) is 9.59 Å². The number of anilines is 1. The van der Waals surface area contributed by atoms with Gasteiger partial charge in [0.1, 0.15) is 11.5 Å². The number of carbonyl (C=O) groups excluding carboxylic acids is 2. The van der Waals surface area contributed by atoms with E-state index in [-0.39, 0.29) is 6.04 Å². The molecule has 4 rings (SSSR count). The molecule has 0 saturated carbocycles. The van der Waals surface area contributed by atoms with Crippen molar-refractivity contribution in [2.45, 2.75) is 18.9 Å². The molecule has 3 aromatic carbocycles. The molecule has 1 aliphatic heterocycles. The first-order valence-corrected chi connectivity index (χ1v) is 11.1. The lowest BCUT2D eigenvalue weighted by molar-refractivity contribution is -0.136. The number of methoxy groups -OCH3 is 2. The Morgan fingerprint density at radius 1 is 0.939 bits per heavy atom. The van der Waals surface area contributed by atoms with Gasteiger partial charge in [-0.1, -0.05) is 42.5 Å². The number of ether oxygens (including phenoxy) is 2. The summed E-state index contributed by atoms with van der Waals surface area (Å²) in [5.74, 6) is -0.409. The van der Waals surface area contributed by atoms with E-state index < -0.39 is 11.8 Å². The zero-order valence-electron chi connectivity index (χ0n) is 19.0. The summed E-state index contributed by atoms with van der Waals surface area (Å²) in [6.45, 7) is 2.29. The van der Waals surface area contributed by atoms with E-state index in [1.165, 1.54) is 12.5 Å². The standard InChI is InChI=1S/C26H29N3O4/c1-32-19-12-13-22(24(16-19)33-2)28-26(31)25(30)27-17-23(29-14-5-6-15-29)21-11-7-9-18-8-3-4-10-20(18)21/h3-4,7-13,16,23H,5-6,14-15,17H2,1-2H3,(H,27,30)(H,28,31)/t23-/m1/s1. The third-order valence-electron chi connectivity index (χ3n) is 6.08. The minimum atomic E-state index is -0.739. The number of hydrogen-bond donors (Lipinski definition) is 2. The molecule has 0 radical (unpaired) electrons. The maximum atomic E-state index is 12.7. The van der Waals surface area contributed by atoms with Crippen molar-refractivity contribution in [2.75, 3.05) is 39.2 Å². The fourth-order valence-electron chi connectivity index (χ4n) is 4.38. The molecule has 1 saturated heterocycles. The van der Waals surface area contributed by atoms with Crippen molar-refractivity contribution in [3.05, 3.63) is 66.2 Å². The molecule has 1 aliphatic rings. The maximum Gasteiger partial charge on any atom is 0.313 e. The Bertz CT molecular complexity index is 1140. The second kappa shape index (κ2) is 10.4. The second-order valence-corrected chi connectivity index (χ2v) is 8.06. The molecule has 1 heterocycles. The van der Waals surface area contributed by atoms with Gasteiger partial charge in [0.05, 0.1) is 25.9 Å². The highest BCUT2D eigenvalue weighted by Gasteiger charge is 2.26. The molecule has 1 fully saturated rings. The number of carbonyl (C=O) groups is 2. The summed E-state index contributed by atoms with van der Waals surface area (Å²) < 4.78 is 10.5. The van der Waals surface area contributed by atoms with Crippen LogP contribution in [0.4, 0.5) is 5.69 Å². The van der Waals surface area contributed by atoms with Gasteiger partial charge in [-0.2, -0.15) is 0 Å². The Morgan fingerprint density at radius 2 is 1.70 bits per heavy atom. The topological polar surface area (TPSA) is 79.9 Å². The third-order valence-corrected chi connectivity index (χ3v) is 6.08. The summed E-state index contributed by atoms with van der Waals surface area (Å²) in [4.78, 5) is 27.7. The highest BCUT2D eigenvalue weighted by molar-refractivity contribution is 6.39. The predicted octanol–water partition coefficient (Wildman–Crippen LogP) is 3.75. The number of nitrogens with one attached hydrogen (secondary N) is 2. The van der Waals surface area contributed by atoms with Gasteiger partial charge >= 0.3 is 11.8 Å². The van der Waals surface area contributed by atoms with Gasteiger partial charge in [0.15, 0.2) is 0 Å². The smallest absolute Gasteiger partial charge is 0.313 e. The normalized spacial score (nSPS) is 14.6. The number of benzene rings is 3. The fourth-order valence-corrected chi connectivity index (χ4v) is 4.38. The van der Waals surface area contributed by atoms with Crippen LogP contribution in [-0.2, 0) is 9.59 Å². The number of amides is 2. The largest absolute Gasteiger partial charge is 0.497 e. The predicted molar refractivity (Wildman–Crippen MR) is 129 cm³/mol. The molecule has 7 heteroatoms. The minimum absolute atomic E-state index is 0.00845. The van der Waals surface area contributed by atoms with Crippen molar-refractivity contribution in [1.29, 1.82) is 0 Å². The first kappa shape index (κ1) is 22.6. The van der Waals surface area contributed by atoms with Crippen molar-refractivity contribution in [2.24, 2.45) is 0 Å². The molecule has 0 spiro atoms. The zero-order valence-corrected chi connectivity index (χ0v) is 19.0. The summed E-state index contributed by atoms with van der Waals surface area (Å²) in [6.07, 6.45) is 2.26. The molecule has 0 aromatic heterocycles. The molecule has 2 N–H and O–H groups in total. The Kier molecular flexibility index (Phi) is 7.10. The van der Waals surface area contributed by atoms with Crippen LogP contribution in [0.15, 0.2) is 60.7 Å². The van der Waals surface area contributed by atoms with Crippen LogP contribution in [0.25, 0.3) is 10.8 Å². The Morgan fingerprint density at radius 3 is 2.45 bits per heavy atom. The number of hydrogen-bond acceptors (Lipinski definition) is 5. The molecule has 0 bridgehead atoms. The van der Waals surface area contributed by atoms with Crippen LogP contribution in [0.5, 0.6) is 11.5 Å². The first-order valence-electron chi connectivity index (χ1n) is 11.1. The van der Waals surface area contributed by atoms with E-state index in [2.05, 4.69) is 39.8 Å². The highest BCUT2D eigenvalue weighted by Crippen LogP contribution is 2.31. The molecule has 7 nitrogen and oxygen atoms in total. The third kappa shape index (κ3) is 5.09. The molecule has 172 valence electrons. The van der Waals surface area contributed by atoms with E-state index >= 15 is 0 Å². The lowest BCUT2D eigenvalue weighted by Gasteiger charge is -2.29. The van der Waals surface area contributed by atoms with Gasteiger partial charge in [-0.3, -0.25) is 14.5 Å². The summed E-state index contributed by atoms with van der Waals surface area (Å²) in [6, 6.07) is 19.5. The van der Waals surface area contributed by atoms with Crippen LogP contribution in [-0.4, -0.2) is 50.6 Å². The first-order chi connectivity index (χ1) is 16.1. The number of fused-ring (bicyclic) bond motifs is 1. The summed E-state index contributed by atoms with van der Waals surface area (Å²) in [5, 5.41) is 7.80. The molecule has 33 heavy (non-hydrogen) atoms. The number of nitrogens with zero attached hydrogens (tertiary/aromatic N) is 1. The van der Waals surface area contributed by atoms with Gasteiger partial charge < -0.3 is 20.1 Å². The monoisotopic (exact) mass is 447 g/mol. The molecule has 0 aliphatic carbocycles. The summed E-state index contributed by atoms with van der Waals surface area (Å²) >= 11 is 0. The van der Waals surface area contributed by atoms with Crippen LogP contribution in [0, 0.1) is 0 Å². The van der Waals surface area contributed by atoms with Crippen LogP contribution in [0.3, 0.4) is 0 Å². The van der Waals surface area contributed by atoms with E-state index in [0.29, 0.717) is 23.7 Å². The Labute approximate surface area is 193 Å². The van der Waals surface area contributed by atoms with Gasteiger partial charge in [-0.05, 0) is 54.4 Å². The van der Waals surface area contributed by atoms with Crippen LogP contribution in [0.1, 0.15) is 24.4 Å². The summed E-state index contributed by atoms with van der Waals surface area (Å²) in [5.41, 5.74) is 1.57. The number of rotatable bonds is 7. The quantitative estimate of drug-likeness (QED) is 0.540. The average Bonchev–Trinajstić information content (AvgIpc) is 3.39. The Hall–Kier alpha value is -3.58. The molecule has 0 unspecified atom stereocenters. The van der Waals surface area contributed by atoms with Gasteiger partial charge in [-0.25, -0.2) is 0 Å². The van der Waals surface area contributed by atoms with Crippen molar-refractivity contribution >= 4 is 28.3 Å². The molecule has 1 atom stereocenters. The molecular formula is C26H29N3O4. The molecule has 2 amide bonds. The average molecular weight is 448 g/mol. The van der Waals surface area contributed by atoms with Gasteiger partial charge in [-0.15, -0.1) is 0 Å². The van der Waals surface area contributed by atoms with Crippen LogP contribution >= 0.6 is 0 Å². The van der Waals surface area contributed by atoms with Crippen LogP contribution in [0.2, 0.25) is 0 Å². The SMILES string of the molecule is COc1ccc(NC(=O)C(=O)NC[C@H](c2cccc3ccccc23)N2CCCC2)c(OC)c1. The lowest BCUT2D eigenvalue weighted by atomic mass is 9.97. The Balaban J connectivity index is 1.49. The number of likely N-dealkylation sites (tertiary alicyclic amines) is 1. The van der Waals surface area contributed by atoms with Crippen molar-refractivity contribution in [3.8, 4) is 11.5 Å². The lowest BCUT2D eigenvalue weighted by Crippen LogP contribution is -2.41. The van der Waals surface area contributed by atoms with E-state index in [1.807, 2.05) is 18.2 Å². The van der Waals surface area contributed by atoms with Crippen molar-refractivity contribution < 1.29 is 19.1 Å². The molecule has 3 aromatic rings. The van der Waals surface area contributed by atoms with Crippen molar-refractivity contribution in [1.82, 2.24) is 10.2 Å². The second-order valence-electron chi connectivity index (χ2n) is 8.06. The van der Waals surface area contributed by atoms with E-state index in [0.717, 1.165) is 36.9 Å². The maximum absolute atomic E-state index is 12.7. The van der Waals surface area contributed by atoms with E-state index in [1.54, 1.807) is 25.3 Å². The van der Waals surface area contributed by atoms with Gasteiger partial charge in [0, 0.05) is 12.6 Å². The fraction of sp³-hybridized carbons (Fsp3) is 0.308. The highest BCUT2D eigenvalue weighted by atomic mass is 16.5. The zero-order chi connectivity index (χ0) is 23.2. The van der Waals surface area contributed by atoms with Crippen LogP contribution < -0.4 is 20.1 Å². The minimum Gasteiger partial charge on any atom is -0.497 e. The summed E-state index contributed by atoms with van der Waals surface area (Å²) in [7, 11) is 3.04. The van der Waals surface area contributed by atoms with Crippen molar-refractivity contribution in [3.63, 3.8) is 0 Å². The molecular weight excluding hydrogens is 418 g/mol. The van der Waals surface area contributed by atoms with E-state index in [4.69, 9.17) is 9.47 Å². The van der Waals surface area contributed by atoms with Gasteiger partial charge in [0.2, 0.25) is 0 Å². The van der Waals surface area contributed by atoms with Gasteiger partial charge in [0.25, 0.3) is 0 Å².